The summed E-state index contributed by atoms with van der Waals surface area (Å²) >= 11 is 6.01. The summed E-state index contributed by atoms with van der Waals surface area (Å²) in [4.78, 5) is 18.2. The lowest BCUT2D eigenvalue weighted by atomic mass is 10.1. The van der Waals surface area contributed by atoms with Gasteiger partial charge in [-0.05, 0) is 48.5 Å². The van der Waals surface area contributed by atoms with Crippen molar-refractivity contribution in [3.05, 3.63) is 106 Å². The van der Waals surface area contributed by atoms with Crippen molar-refractivity contribution in [2.24, 2.45) is 0 Å². The molecular weight excluding hydrogens is 403 g/mol. The third kappa shape index (κ3) is 2.98. The number of hydrogen-bond acceptors (Lipinski definition) is 3. The SMILES string of the molecule is O=c1c2cnn(-c3ccccc3)c2nc(-c2ccccc2F)n1-c1ccc(Cl)cc1. The van der Waals surface area contributed by atoms with Gasteiger partial charge in [0.1, 0.15) is 11.2 Å². The summed E-state index contributed by atoms with van der Waals surface area (Å²) in [7, 11) is 0. The smallest absolute Gasteiger partial charge is 0.268 e. The number of hydrogen-bond donors (Lipinski definition) is 0. The second kappa shape index (κ2) is 7.24. The van der Waals surface area contributed by atoms with E-state index in [0.717, 1.165) is 5.69 Å². The summed E-state index contributed by atoms with van der Waals surface area (Å²) in [6, 6.07) is 22.3. The van der Waals surface area contributed by atoms with Crippen molar-refractivity contribution in [3.63, 3.8) is 0 Å². The highest BCUT2D eigenvalue weighted by molar-refractivity contribution is 6.30. The van der Waals surface area contributed by atoms with Gasteiger partial charge in [0, 0.05) is 5.02 Å². The quantitative estimate of drug-likeness (QED) is 0.414. The summed E-state index contributed by atoms with van der Waals surface area (Å²) < 4.78 is 17.7. The Hall–Kier alpha value is -3.77. The number of nitrogens with zero attached hydrogens (tertiary/aromatic N) is 4. The molecule has 146 valence electrons. The van der Waals surface area contributed by atoms with Crippen LogP contribution in [0.25, 0.3) is 33.8 Å². The molecule has 0 bridgehead atoms. The van der Waals surface area contributed by atoms with E-state index < -0.39 is 5.82 Å². The van der Waals surface area contributed by atoms with E-state index in [-0.39, 0.29) is 16.9 Å². The van der Waals surface area contributed by atoms with Crippen LogP contribution in [0.1, 0.15) is 0 Å². The molecule has 2 heterocycles. The Kier molecular flexibility index (Phi) is 4.41. The van der Waals surface area contributed by atoms with E-state index >= 15 is 0 Å². The Morgan fingerprint density at radius 1 is 0.833 bits per heavy atom. The lowest BCUT2D eigenvalue weighted by Crippen LogP contribution is -2.22. The van der Waals surface area contributed by atoms with Gasteiger partial charge in [-0.3, -0.25) is 9.36 Å². The normalized spacial score (nSPS) is 11.1. The Labute approximate surface area is 175 Å². The van der Waals surface area contributed by atoms with E-state index in [9.17, 15) is 9.18 Å². The zero-order valence-electron chi connectivity index (χ0n) is 15.5. The van der Waals surface area contributed by atoms with Gasteiger partial charge in [0.15, 0.2) is 11.5 Å². The molecular formula is C23H14ClFN4O. The molecule has 3 aromatic carbocycles. The first-order valence-electron chi connectivity index (χ1n) is 9.20. The molecule has 0 aliphatic carbocycles. The van der Waals surface area contributed by atoms with E-state index in [1.54, 1.807) is 47.1 Å². The number of fused-ring (bicyclic) bond motifs is 1. The van der Waals surface area contributed by atoms with Crippen molar-refractivity contribution in [2.75, 3.05) is 0 Å². The Bertz CT molecular complexity index is 1430. The molecule has 5 nitrogen and oxygen atoms in total. The van der Waals surface area contributed by atoms with Gasteiger partial charge in [-0.15, -0.1) is 0 Å². The monoisotopic (exact) mass is 416 g/mol. The first kappa shape index (κ1) is 18.3. The summed E-state index contributed by atoms with van der Waals surface area (Å²) in [6.07, 6.45) is 1.48. The van der Waals surface area contributed by atoms with Gasteiger partial charge in [0.2, 0.25) is 0 Å². The van der Waals surface area contributed by atoms with Gasteiger partial charge < -0.3 is 0 Å². The van der Waals surface area contributed by atoms with Gasteiger partial charge in [0.05, 0.1) is 23.1 Å². The molecule has 0 saturated heterocycles. The second-order valence-corrected chi connectivity index (χ2v) is 7.10. The van der Waals surface area contributed by atoms with E-state index in [1.165, 1.54) is 16.8 Å². The standard InChI is InChI=1S/C23H14ClFN4O/c24-15-10-12-16(13-11-15)28-21(18-8-4-5-9-20(18)25)27-22-19(23(28)30)14-26-29(22)17-6-2-1-3-7-17/h1-14H. The number of halogens is 2. The Morgan fingerprint density at radius 2 is 1.53 bits per heavy atom. The van der Waals surface area contributed by atoms with E-state index in [0.29, 0.717) is 21.7 Å². The van der Waals surface area contributed by atoms with Crippen molar-refractivity contribution in [1.29, 1.82) is 0 Å². The van der Waals surface area contributed by atoms with E-state index in [4.69, 9.17) is 16.6 Å². The average Bonchev–Trinajstić information content (AvgIpc) is 3.20. The predicted octanol–water partition coefficient (Wildman–Crippen LogP) is 5.03. The van der Waals surface area contributed by atoms with Gasteiger partial charge in [0.25, 0.3) is 5.56 Å². The van der Waals surface area contributed by atoms with E-state index in [2.05, 4.69) is 5.10 Å². The van der Waals surface area contributed by atoms with Gasteiger partial charge in [-0.1, -0.05) is 41.9 Å². The van der Waals surface area contributed by atoms with Crippen LogP contribution in [0.3, 0.4) is 0 Å². The van der Waals surface area contributed by atoms with E-state index in [1.807, 2.05) is 30.3 Å². The Balaban J connectivity index is 1.88. The van der Waals surface area contributed by atoms with Crippen LogP contribution in [0.5, 0.6) is 0 Å². The van der Waals surface area contributed by atoms with Gasteiger partial charge in [-0.2, -0.15) is 5.10 Å². The van der Waals surface area contributed by atoms with Crippen LogP contribution in [-0.4, -0.2) is 19.3 Å². The maximum absolute atomic E-state index is 14.7. The van der Waals surface area contributed by atoms with Crippen LogP contribution in [0.2, 0.25) is 5.02 Å². The van der Waals surface area contributed by atoms with Crippen molar-refractivity contribution in [3.8, 4) is 22.8 Å². The predicted molar refractivity (Wildman–Crippen MR) is 115 cm³/mol. The number of benzene rings is 3. The Morgan fingerprint density at radius 3 is 2.27 bits per heavy atom. The molecule has 0 fully saturated rings. The molecule has 7 heteroatoms. The topological polar surface area (TPSA) is 52.7 Å². The highest BCUT2D eigenvalue weighted by Crippen LogP contribution is 2.26. The third-order valence-electron chi connectivity index (χ3n) is 4.80. The fourth-order valence-corrected chi connectivity index (χ4v) is 3.50. The molecule has 0 amide bonds. The van der Waals surface area contributed by atoms with Gasteiger partial charge >= 0.3 is 0 Å². The molecule has 0 aliphatic heterocycles. The molecule has 0 saturated carbocycles. The lowest BCUT2D eigenvalue weighted by molar-refractivity contribution is 0.629. The molecule has 30 heavy (non-hydrogen) atoms. The molecule has 0 radical (unpaired) electrons. The summed E-state index contributed by atoms with van der Waals surface area (Å²) in [5, 5.41) is 5.22. The van der Waals surface area contributed by atoms with Crippen LogP contribution in [0, 0.1) is 5.82 Å². The number of aromatic nitrogens is 4. The highest BCUT2D eigenvalue weighted by Gasteiger charge is 2.20. The van der Waals surface area contributed by atoms with Crippen LogP contribution in [-0.2, 0) is 0 Å². The van der Waals surface area contributed by atoms with Crippen molar-refractivity contribution >= 4 is 22.6 Å². The third-order valence-corrected chi connectivity index (χ3v) is 5.05. The zero-order valence-corrected chi connectivity index (χ0v) is 16.3. The molecule has 0 N–H and O–H groups in total. The molecule has 0 unspecified atom stereocenters. The van der Waals surface area contributed by atoms with Crippen molar-refractivity contribution in [2.45, 2.75) is 0 Å². The fourth-order valence-electron chi connectivity index (χ4n) is 3.38. The van der Waals surface area contributed by atoms with Crippen LogP contribution < -0.4 is 5.56 Å². The summed E-state index contributed by atoms with van der Waals surface area (Å²) in [5.74, 6) is -0.289. The first-order valence-corrected chi connectivity index (χ1v) is 9.58. The molecule has 0 aliphatic rings. The second-order valence-electron chi connectivity index (χ2n) is 6.66. The lowest BCUT2D eigenvalue weighted by Gasteiger charge is -2.14. The minimum absolute atomic E-state index is 0.186. The first-order chi connectivity index (χ1) is 14.6. The molecule has 5 rings (SSSR count). The van der Waals surface area contributed by atoms with Gasteiger partial charge in [-0.25, -0.2) is 14.1 Å². The maximum Gasteiger partial charge on any atom is 0.269 e. The molecule has 0 atom stereocenters. The van der Waals surface area contributed by atoms with Crippen molar-refractivity contribution < 1.29 is 4.39 Å². The van der Waals surface area contributed by atoms with Crippen LogP contribution in [0.4, 0.5) is 4.39 Å². The molecule has 2 aromatic heterocycles. The molecule has 0 spiro atoms. The summed E-state index contributed by atoms with van der Waals surface area (Å²) in [6.45, 7) is 0. The largest absolute Gasteiger partial charge is 0.269 e. The minimum atomic E-state index is -0.475. The zero-order chi connectivity index (χ0) is 20.7. The average molecular weight is 417 g/mol. The van der Waals surface area contributed by atoms with Crippen LogP contribution in [0.15, 0.2) is 89.9 Å². The summed E-state index contributed by atoms with van der Waals surface area (Å²) in [5.41, 5.74) is 1.51. The highest BCUT2D eigenvalue weighted by atomic mass is 35.5. The number of para-hydroxylation sites is 1. The minimum Gasteiger partial charge on any atom is -0.268 e. The van der Waals surface area contributed by atoms with Crippen LogP contribution >= 0.6 is 11.6 Å². The fraction of sp³-hybridized carbons (Fsp3) is 0. The van der Waals surface area contributed by atoms with Crippen molar-refractivity contribution in [1.82, 2.24) is 19.3 Å². The number of rotatable bonds is 3. The maximum atomic E-state index is 14.7. The molecule has 5 aromatic rings.